The molecule has 0 saturated heterocycles. The molecule has 0 radical (unpaired) electrons. The Balaban J connectivity index is 1.85. The number of methoxy groups -OCH3 is 1. The molecule has 4 unspecified atom stereocenters. The van der Waals surface area contributed by atoms with Crippen molar-refractivity contribution in [2.24, 2.45) is 17.2 Å². The van der Waals surface area contributed by atoms with Crippen LogP contribution in [0.15, 0.2) is 36.2 Å². The molecule has 1 aromatic rings. The third kappa shape index (κ3) is 10.1. The number of nitrogens with two attached hydrogens (primary N) is 3. The minimum absolute atomic E-state index is 0.177. The summed E-state index contributed by atoms with van der Waals surface area (Å²) in [5.74, 6) is -0.491. The number of amides is 3. The third-order valence-corrected chi connectivity index (χ3v) is 6.89. The van der Waals surface area contributed by atoms with E-state index in [0.717, 1.165) is 18.4 Å². The van der Waals surface area contributed by atoms with E-state index in [1.54, 1.807) is 25.3 Å². The zero-order chi connectivity index (χ0) is 31.2. The molecule has 232 valence electrons. The maximum atomic E-state index is 13.0. The van der Waals surface area contributed by atoms with Gasteiger partial charge in [-0.2, -0.15) is 4.90 Å². The number of benzene rings is 1. The van der Waals surface area contributed by atoms with E-state index in [-0.39, 0.29) is 18.2 Å². The van der Waals surface area contributed by atoms with E-state index in [1.165, 1.54) is 12.0 Å². The Kier molecular flexibility index (Phi) is 13.8. The van der Waals surface area contributed by atoms with E-state index in [0.29, 0.717) is 49.7 Å². The van der Waals surface area contributed by atoms with Gasteiger partial charge in [-0.25, -0.2) is 9.59 Å². The van der Waals surface area contributed by atoms with E-state index in [4.69, 9.17) is 26.7 Å². The number of hydrogen-bond acceptors (Lipinski definition) is 9. The predicted octanol–water partition coefficient (Wildman–Crippen LogP) is -1.46. The Bertz CT molecular complexity index is 1140. The molecule has 0 saturated carbocycles. The SMILES string of the molecule is CCCCC(=O)NC(Cc1ccc(OCCN/C=C(\N)CC2[NH+]=C(C(N)CC)N(C(C)C(N)=O)C2=O)cc1)C(=O)OC. The van der Waals surface area contributed by atoms with Crippen molar-refractivity contribution in [3.8, 4) is 5.75 Å². The summed E-state index contributed by atoms with van der Waals surface area (Å²) in [6, 6.07) is 4.55. The van der Waals surface area contributed by atoms with Crippen molar-refractivity contribution >= 4 is 29.5 Å². The highest BCUT2D eigenvalue weighted by atomic mass is 16.5. The van der Waals surface area contributed by atoms with Gasteiger partial charge in [0.15, 0.2) is 12.1 Å². The summed E-state index contributed by atoms with van der Waals surface area (Å²) in [5, 5.41) is 5.82. The summed E-state index contributed by atoms with van der Waals surface area (Å²) < 4.78 is 10.6. The van der Waals surface area contributed by atoms with Crippen LogP contribution in [0.5, 0.6) is 5.75 Å². The van der Waals surface area contributed by atoms with Crippen LogP contribution in [0.2, 0.25) is 0 Å². The van der Waals surface area contributed by atoms with Gasteiger partial charge in [0.25, 0.3) is 11.7 Å². The lowest BCUT2D eigenvalue weighted by Gasteiger charge is -2.18. The summed E-state index contributed by atoms with van der Waals surface area (Å²) in [4.78, 5) is 53.4. The number of carbonyl (C=O) groups is 4. The number of unbranched alkanes of at least 4 members (excludes halogenated alkanes) is 1. The Hall–Kier alpha value is -4.13. The molecule has 3 amide bonds. The second-order valence-corrected chi connectivity index (χ2v) is 10.2. The minimum Gasteiger partial charge on any atom is -0.492 e. The molecule has 2 rings (SSSR count). The molecule has 0 aliphatic carbocycles. The second kappa shape index (κ2) is 17.0. The fraction of sp³-hybridized carbons (Fsp3) is 0.552. The standard InChI is InChI=1S/C29H45N7O6/c1-5-7-8-25(37)34-24(29(40)41-4)15-19-9-11-21(12-10-19)42-14-13-33-17-20(30)16-23-28(39)36(18(3)26(32)38)27(35-23)22(31)6-2/h9-12,17-18,22-24,33H,5-8,13-16,30-31H2,1-4H3,(H2,32,38)(H,34,37)/p+1/b20-17-. The van der Waals surface area contributed by atoms with E-state index < -0.39 is 36.0 Å². The molecule has 1 heterocycles. The second-order valence-electron chi connectivity index (χ2n) is 10.2. The van der Waals surface area contributed by atoms with Crippen LogP contribution < -0.4 is 37.6 Å². The van der Waals surface area contributed by atoms with Gasteiger partial charge in [-0.3, -0.25) is 14.6 Å². The molecular weight excluding hydrogens is 542 g/mol. The number of hydrogen-bond donors (Lipinski definition) is 6. The monoisotopic (exact) mass is 588 g/mol. The smallest absolute Gasteiger partial charge is 0.355 e. The number of esters is 1. The van der Waals surface area contributed by atoms with Gasteiger partial charge in [0.05, 0.1) is 7.11 Å². The van der Waals surface area contributed by atoms with E-state index in [9.17, 15) is 19.2 Å². The quantitative estimate of drug-likeness (QED) is 0.0874. The van der Waals surface area contributed by atoms with Crippen molar-refractivity contribution in [3.05, 3.63) is 41.7 Å². The highest BCUT2D eigenvalue weighted by Crippen LogP contribution is 2.15. The van der Waals surface area contributed by atoms with Crippen LogP contribution in [-0.4, -0.2) is 78.9 Å². The average molecular weight is 589 g/mol. The molecule has 1 aromatic carbocycles. The van der Waals surface area contributed by atoms with Gasteiger partial charge in [-0.1, -0.05) is 32.4 Å². The topological polar surface area (TPSA) is 206 Å². The third-order valence-electron chi connectivity index (χ3n) is 6.89. The Morgan fingerprint density at radius 3 is 2.45 bits per heavy atom. The van der Waals surface area contributed by atoms with Crippen molar-refractivity contribution in [1.29, 1.82) is 0 Å². The van der Waals surface area contributed by atoms with Gasteiger partial charge < -0.3 is 37.3 Å². The van der Waals surface area contributed by atoms with Crippen molar-refractivity contribution in [2.45, 2.75) is 83.5 Å². The lowest BCUT2D eigenvalue weighted by molar-refractivity contribution is -0.482. The first-order valence-electron chi connectivity index (χ1n) is 14.3. The van der Waals surface area contributed by atoms with E-state index >= 15 is 0 Å². The molecule has 0 bridgehead atoms. The summed E-state index contributed by atoms with van der Waals surface area (Å²) in [6.07, 6.45) is 4.71. The molecule has 0 spiro atoms. The Morgan fingerprint density at radius 1 is 1.17 bits per heavy atom. The highest BCUT2D eigenvalue weighted by molar-refractivity contribution is 6.06. The number of amidine groups is 1. The molecule has 1 aliphatic heterocycles. The highest BCUT2D eigenvalue weighted by Gasteiger charge is 2.48. The minimum atomic E-state index is -0.831. The van der Waals surface area contributed by atoms with E-state index in [2.05, 4.69) is 15.6 Å². The molecule has 13 nitrogen and oxygen atoms in total. The number of primary amides is 1. The predicted molar refractivity (Wildman–Crippen MR) is 158 cm³/mol. The van der Waals surface area contributed by atoms with Crippen LogP contribution in [0.3, 0.4) is 0 Å². The zero-order valence-corrected chi connectivity index (χ0v) is 25.0. The summed E-state index contributed by atoms with van der Waals surface area (Å²) in [6.45, 7) is 6.24. The van der Waals surface area contributed by atoms with Gasteiger partial charge in [-0.15, -0.1) is 0 Å². The summed E-state index contributed by atoms with van der Waals surface area (Å²) >= 11 is 0. The Morgan fingerprint density at radius 2 is 1.86 bits per heavy atom. The molecule has 0 fully saturated rings. The van der Waals surface area contributed by atoms with Gasteiger partial charge in [0, 0.05) is 37.7 Å². The van der Waals surface area contributed by atoms with E-state index in [1.807, 2.05) is 26.0 Å². The van der Waals surface area contributed by atoms with Gasteiger partial charge >= 0.3 is 11.9 Å². The summed E-state index contributed by atoms with van der Waals surface area (Å²) in [5.41, 5.74) is 19.0. The van der Waals surface area contributed by atoms with Crippen molar-refractivity contribution in [2.75, 3.05) is 20.3 Å². The number of nitrogens with zero attached hydrogens (tertiary/aromatic N) is 1. The molecule has 9 N–H and O–H groups in total. The first-order chi connectivity index (χ1) is 20.0. The molecule has 4 atom stereocenters. The molecule has 0 aromatic heterocycles. The maximum Gasteiger partial charge on any atom is 0.355 e. The van der Waals surface area contributed by atoms with Gasteiger partial charge in [0.1, 0.15) is 24.4 Å². The number of carbonyl (C=O) groups excluding carboxylic acids is 4. The number of nitrogens with one attached hydrogen (secondary N) is 3. The van der Waals surface area contributed by atoms with Crippen LogP contribution >= 0.6 is 0 Å². The normalized spacial score (nSPS) is 17.2. The fourth-order valence-corrected chi connectivity index (χ4v) is 4.36. The van der Waals surface area contributed by atoms with Crippen LogP contribution in [-0.2, 0) is 30.3 Å². The van der Waals surface area contributed by atoms with Crippen LogP contribution in [0.1, 0.15) is 58.4 Å². The molecule has 13 heteroatoms. The van der Waals surface area contributed by atoms with Crippen LogP contribution in [0, 0.1) is 0 Å². The average Bonchev–Trinajstić information content (AvgIpc) is 3.29. The largest absolute Gasteiger partial charge is 0.492 e. The first-order valence-corrected chi connectivity index (χ1v) is 14.3. The lowest BCUT2D eigenvalue weighted by atomic mass is 10.1. The zero-order valence-electron chi connectivity index (χ0n) is 25.0. The lowest BCUT2D eigenvalue weighted by Crippen LogP contribution is -2.80. The van der Waals surface area contributed by atoms with Crippen LogP contribution in [0.25, 0.3) is 0 Å². The van der Waals surface area contributed by atoms with Crippen molar-refractivity contribution in [1.82, 2.24) is 15.5 Å². The van der Waals surface area contributed by atoms with Crippen molar-refractivity contribution < 1.29 is 33.6 Å². The van der Waals surface area contributed by atoms with Crippen molar-refractivity contribution in [3.63, 3.8) is 0 Å². The molecule has 42 heavy (non-hydrogen) atoms. The molecular formula is C29H46N7O6+. The first kappa shape index (κ1) is 34.1. The number of ether oxygens (including phenoxy) is 2. The summed E-state index contributed by atoms with van der Waals surface area (Å²) in [7, 11) is 1.30. The number of rotatable bonds is 18. The van der Waals surface area contributed by atoms with Gasteiger partial charge in [0.2, 0.25) is 5.91 Å². The Labute approximate surface area is 247 Å². The van der Waals surface area contributed by atoms with Gasteiger partial charge in [-0.05, 0) is 37.5 Å². The van der Waals surface area contributed by atoms with Crippen LogP contribution in [0.4, 0.5) is 0 Å². The molecule has 1 aliphatic rings. The maximum absolute atomic E-state index is 13.0. The fourth-order valence-electron chi connectivity index (χ4n) is 4.36.